The lowest BCUT2D eigenvalue weighted by Gasteiger charge is -2.37. The molecule has 0 spiro atoms. The van der Waals surface area contributed by atoms with Crippen LogP contribution in [0.3, 0.4) is 0 Å². The van der Waals surface area contributed by atoms with Gasteiger partial charge in [0, 0.05) is 24.9 Å². The van der Waals surface area contributed by atoms with E-state index in [0.717, 1.165) is 17.1 Å². The highest BCUT2D eigenvalue weighted by atomic mass is 16.3. The van der Waals surface area contributed by atoms with Gasteiger partial charge in [-0.2, -0.15) is 5.10 Å². The van der Waals surface area contributed by atoms with Gasteiger partial charge in [0.2, 0.25) is 5.91 Å². The van der Waals surface area contributed by atoms with Crippen molar-refractivity contribution in [2.45, 2.75) is 58.7 Å². The molecule has 0 aliphatic heterocycles. The number of aromatic nitrogens is 3. The SMILES string of the molecule is Cc1nn(CCC(=O)N[C@@H](c2ccccn2)C2CC(O)C2)c(C)c1C. The molecule has 1 aliphatic rings. The lowest BCUT2D eigenvalue weighted by Crippen LogP contribution is -2.42. The molecule has 1 saturated carbocycles. The first-order chi connectivity index (χ1) is 12.0. The van der Waals surface area contributed by atoms with Crippen LogP contribution >= 0.6 is 0 Å². The fourth-order valence-electron chi connectivity index (χ4n) is 3.35. The maximum atomic E-state index is 12.5. The molecule has 6 heteroatoms. The number of hydrogen-bond acceptors (Lipinski definition) is 4. The quantitative estimate of drug-likeness (QED) is 0.843. The number of nitrogens with one attached hydrogen (secondary N) is 1. The largest absolute Gasteiger partial charge is 0.393 e. The molecule has 134 valence electrons. The van der Waals surface area contributed by atoms with Crippen LogP contribution in [0.15, 0.2) is 24.4 Å². The van der Waals surface area contributed by atoms with Crippen molar-refractivity contribution in [3.63, 3.8) is 0 Å². The van der Waals surface area contributed by atoms with Gasteiger partial charge in [0.1, 0.15) is 0 Å². The summed E-state index contributed by atoms with van der Waals surface area (Å²) in [7, 11) is 0. The molecule has 0 bridgehead atoms. The van der Waals surface area contributed by atoms with E-state index in [0.29, 0.717) is 25.8 Å². The molecule has 0 aromatic carbocycles. The van der Waals surface area contributed by atoms with Gasteiger partial charge in [0.05, 0.1) is 23.5 Å². The van der Waals surface area contributed by atoms with Crippen LogP contribution in [0, 0.1) is 26.7 Å². The summed E-state index contributed by atoms with van der Waals surface area (Å²) in [6.45, 7) is 6.62. The first kappa shape index (κ1) is 17.6. The van der Waals surface area contributed by atoms with E-state index < -0.39 is 0 Å². The van der Waals surface area contributed by atoms with Gasteiger partial charge in [-0.25, -0.2) is 0 Å². The normalized spacial score (nSPS) is 20.8. The Kier molecular flexibility index (Phi) is 5.18. The highest BCUT2D eigenvalue weighted by Gasteiger charge is 2.36. The number of hydrogen-bond donors (Lipinski definition) is 2. The summed E-state index contributed by atoms with van der Waals surface area (Å²) in [6, 6.07) is 5.58. The molecular weight excluding hydrogens is 316 g/mol. The van der Waals surface area contributed by atoms with E-state index in [4.69, 9.17) is 0 Å². The number of aryl methyl sites for hydroxylation is 2. The van der Waals surface area contributed by atoms with Crippen molar-refractivity contribution < 1.29 is 9.90 Å². The predicted octanol–water partition coefficient (Wildman–Crippen LogP) is 2.22. The van der Waals surface area contributed by atoms with Gasteiger partial charge >= 0.3 is 0 Å². The summed E-state index contributed by atoms with van der Waals surface area (Å²) in [5, 5.41) is 17.2. The van der Waals surface area contributed by atoms with Crippen molar-refractivity contribution in [3.05, 3.63) is 47.0 Å². The standard InChI is InChI=1S/C19H26N4O2/c1-12-13(2)22-23(14(12)3)9-7-18(25)21-19(15-10-16(24)11-15)17-6-4-5-8-20-17/h4-6,8,15-16,19,24H,7,9-11H2,1-3H3,(H,21,25)/t15?,16?,19-/m1/s1. The molecule has 2 aromatic heterocycles. The summed E-state index contributed by atoms with van der Waals surface area (Å²) in [6.07, 6.45) is 3.27. The Labute approximate surface area is 148 Å². The fourth-order valence-corrected chi connectivity index (χ4v) is 3.35. The Morgan fingerprint density at radius 1 is 1.36 bits per heavy atom. The van der Waals surface area contributed by atoms with Crippen LogP contribution in [-0.4, -0.2) is 31.9 Å². The molecule has 0 radical (unpaired) electrons. The molecule has 1 fully saturated rings. The maximum Gasteiger partial charge on any atom is 0.222 e. The number of carbonyl (C=O) groups is 1. The van der Waals surface area contributed by atoms with Crippen LogP contribution in [0.25, 0.3) is 0 Å². The second-order valence-corrected chi connectivity index (χ2v) is 6.95. The molecular formula is C19H26N4O2. The predicted molar refractivity (Wildman–Crippen MR) is 94.9 cm³/mol. The topological polar surface area (TPSA) is 80.0 Å². The van der Waals surface area contributed by atoms with E-state index in [1.165, 1.54) is 5.56 Å². The Bertz CT molecular complexity index is 735. The third kappa shape index (κ3) is 3.90. The van der Waals surface area contributed by atoms with E-state index in [1.54, 1.807) is 6.20 Å². The minimum absolute atomic E-state index is 0.0118. The summed E-state index contributed by atoms with van der Waals surface area (Å²) < 4.78 is 1.90. The molecule has 0 saturated heterocycles. The van der Waals surface area contributed by atoms with Gasteiger partial charge in [0.15, 0.2) is 0 Å². The van der Waals surface area contributed by atoms with Gasteiger partial charge in [-0.1, -0.05) is 6.07 Å². The van der Waals surface area contributed by atoms with Gasteiger partial charge in [-0.05, 0) is 57.2 Å². The zero-order valence-corrected chi connectivity index (χ0v) is 15.1. The molecule has 2 aromatic rings. The van der Waals surface area contributed by atoms with E-state index >= 15 is 0 Å². The van der Waals surface area contributed by atoms with E-state index in [2.05, 4.69) is 15.4 Å². The Morgan fingerprint density at radius 2 is 2.12 bits per heavy atom. The zero-order chi connectivity index (χ0) is 18.0. The number of amides is 1. The average Bonchev–Trinajstić information content (AvgIpc) is 2.83. The minimum atomic E-state index is -0.259. The average molecular weight is 342 g/mol. The summed E-state index contributed by atoms with van der Waals surface area (Å²) in [5.41, 5.74) is 4.14. The number of nitrogens with zero attached hydrogens (tertiary/aromatic N) is 3. The van der Waals surface area contributed by atoms with Crippen molar-refractivity contribution in [3.8, 4) is 0 Å². The molecule has 1 atom stereocenters. The minimum Gasteiger partial charge on any atom is -0.393 e. The molecule has 3 rings (SSSR count). The Hall–Kier alpha value is -2.21. The summed E-state index contributed by atoms with van der Waals surface area (Å²) in [4.78, 5) is 16.9. The first-order valence-electron chi connectivity index (χ1n) is 8.84. The van der Waals surface area contributed by atoms with Gasteiger partial charge in [-0.15, -0.1) is 0 Å². The number of rotatable bonds is 6. The van der Waals surface area contributed by atoms with Crippen molar-refractivity contribution in [2.75, 3.05) is 0 Å². The van der Waals surface area contributed by atoms with Crippen molar-refractivity contribution in [1.29, 1.82) is 0 Å². The maximum absolute atomic E-state index is 12.5. The third-order valence-corrected chi connectivity index (χ3v) is 5.24. The molecule has 0 unspecified atom stereocenters. The fraction of sp³-hybridized carbons (Fsp3) is 0.526. The molecule has 6 nitrogen and oxygen atoms in total. The number of aliphatic hydroxyl groups excluding tert-OH is 1. The number of pyridine rings is 1. The Morgan fingerprint density at radius 3 is 2.68 bits per heavy atom. The lowest BCUT2D eigenvalue weighted by molar-refractivity contribution is -0.123. The van der Waals surface area contributed by atoms with E-state index in [1.807, 2.05) is 43.7 Å². The number of carbonyl (C=O) groups excluding carboxylic acids is 1. The van der Waals surface area contributed by atoms with Crippen LogP contribution in [0.1, 0.15) is 47.9 Å². The highest BCUT2D eigenvalue weighted by Crippen LogP contribution is 2.37. The van der Waals surface area contributed by atoms with Crippen molar-refractivity contribution in [1.82, 2.24) is 20.1 Å². The summed E-state index contributed by atoms with van der Waals surface area (Å²) >= 11 is 0. The van der Waals surface area contributed by atoms with E-state index in [9.17, 15) is 9.90 Å². The molecule has 1 aliphatic carbocycles. The number of aliphatic hydroxyl groups is 1. The first-order valence-corrected chi connectivity index (χ1v) is 8.84. The highest BCUT2D eigenvalue weighted by molar-refractivity contribution is 5.76. The third-order valence-electron chi connectivity index (χ3n) is 5.24. The molecule has 1 amide bonds. The smallest absolute Gasteiger partial charge is 0.222 e. The van der Waals surface area contributed by atoms with Crippen molar-refractivity contribution >= 4 is 5.91 Å². The monoisotopic (exact) mass is 342 g/mol. The van der Waals surface area contributed by atoms with Gasteiger partial charge in [0.25, 0.3) is 0 Å². The molecule has 2 N–H and O–H groups in total. The second-order valence-electron chi connectivity index (χ2n) is 6.95. The van der Waals surface area contributed by atoms with Crippen molar-refractivity contribution in [2.24, 2.45) is 5.92 Å². The molecule has 2 heterocycles. The van der Waals surface area contributed by atoms with Crippen LogP contribution < -0.4 is 5.32 Å². The van der Waals surface area contributed by atoms with Crippen LogP contribution in [0.5, 0.6) is 0 Å². The lowest BCUT2D eigenvalue weighted by atomic mass is 9.76. The van der Waals surface area contributed by atoms with E-state index in [-0.39, 0.29) is 24.0 Å². The second kappa shape index (κ2) is 7.35. The molecule has 25 heavy (non-hydrogen) atoms. The van der Waals surface area contributed by atoms with Crippen LogP contribution in [0.2, 0.25) is 0 Å². The van der Waals surface area contributed by atoms with Gasteiger partial charge < -0.3 is 10.4 Å². The zero-order valence-electron chi connectivity index (χ0n) is 15.1. The van der Waals surface area contributed by atoms with Crippen LogP contribution in [-0.2, 0) is 11.3 Å². The Balaban J connectivity index is 1.63. The van der Waals surface area contributed by atoms with Crippen LogP contribution in [0.4, 0.5) is 0 Å². The summed E-state index contributed by atoms with van der Waals surface area (Å²) in [5.74, 6) is 0.229. The van der Waals surface area contributed by atoms with Gasteiger partial charge in [-0.3, -0.25) is 14.5 Å².